The number of pyridine rings is 1. The Kier molecular flexibility index (Phi) is 3.54. The molecule has 0 atom stereocenters. The van der Waals surface area contributed by atoms with Crippen LogP contribution in [0.5, 0.6) is 0 Å². The van der Waals surface area contributed by atoms with Crippen LogP contribution in [0, 0.1) is 6.92 Å². The zero-order valence-corrected chi connectivity index (χ0v) is 10.5. The van der Waals surface area contributed by atoms with E-state index in [-0.39, 0.29) is 0 Å². The second-order valence-electron chi connectivity index (χ2n) is 4.42. The Hall–Kier alpha value is -1.68. The highest BCUT2D eigenvalue weighted by Crippen LogP contribution is 2.10. The molecule has 0 radical (unpaired) electrons. The largest absolute Gasteiger partial charge is 0.310 e. The number of hydrogen-bond donors (Lipinski definition) is 1. The lowest BCUT2D eigenvalue weighted by molar-refractivity contribution is 0.586. The molecule has 0 saturated heterocycles. The predicted octanol–water partition coefficient (Wildman–Crippen LogP) is 2.07. The smallest absolute Gasteiger partial charge is 0.138 e. The highest BCUT2D eigenvalue weighted by molar-refractivity contribution is 5.30. The Balaban J connectivity index is 2.17. The first-order valence-corrected chi connectivity index (χ1v) is 5.85. The quantitative estimate of drug-likeness (QED) is 0.874. The van der Waals surface area contributed by atoms with Gasteiger partial charge in [0.2, 0.25) is 0 Å². The van der Waals surface area contributed by atoms with Gasteiger partial charge in [-0.05, 0) is 18.6 Å². The Labute approximate surface area is 102 Å². The molecule has 0 unspecified atom stereocenters. The van der Waals surface area contributed by atoms with Crippen molar-refractivity contribution in [2.75, 3.05) is 0 Å². The van der Waals surface area contributed by atoms with Crippen LogP contribution in [0.1, 0.15) is 25.1 Å². The van der Waals surface area contributed by atoms with Crippen molar-refractivity contribution in [3.63, 3.8) is 0 Å². The molecular formula is C13H18N4. The summed E-state index contributed by atoms with van der Waals surface area (Å²) in [5.41, 5.74) is 2.30. The first-order valence-electron chi connectivity index (χ1n) is 5.85. The van der Waals surface area contributed by atoms with E-state index in [0.29, 0.717) is 6.04 Å². The fourth-order valence-electron chi connectivity index (χ4n) is 1.62. The number of imidazole rings is 1. The fourth-order valence-corrected chi connectivity index (χ4v) is 1.62. The molecule has 2 aromatic heterocycles. The van der Waals surface area contributed by atoms with Gasteiger partial charge in [-0.15, -0.1) is 0 Å². The standard InChI is InChI=1S/C13H18N4/c1-10(2)15-8-12-4-5-13(16-11(12)3)17-7-6-14-9-17/h4-7,9-10,15H,8H2,1-3H3. The van der Waals surface area contributed by atoms with Gasteiger partial charge >= 0.3 is 0 Å². The molecule has 0 spiro atoms. The summed E-state index contributed by atoms with van der Waals surface area (Å²) in [6.07, 6.45) is 5.41. The zero-order chi connectivity index (χ0) is 12.3. The van der Waals surface area contributed by atoms with E-state index in [1.165, 1.54) is 5.56 Å². The summed E-state index contributed by atoms with van der Waals surface area (Å²) in [6, 6.07) is 4.63. The van der Waals surface area contributed by atoms with Crippen molar-refractivity contribution in [3.05, 3.63) is 42.1 Å². The monoisotopic (exact) mass is 230 g/mol. The maximum atomic E-state index is 4.58. The maximum absolute atomic E-state index is 4.58. The zero-order valence-electron chi connectivity index (χ0n) is 10.5. The number of nitrogens with zero attached hydrogens (tertiary/aromatic N) is 3. The lowest BCUT2D eigenvalue weighted by atomic mass is 10.2. The van der Waals surface area contributed by atoms with Crippen LogP contribution in [0.25, 0.3) is 5.82 Å². The molecule has 2 aromatic rings. The molecule has 0 aliphatic heterocycles. The molecule has 90 valence electrons. The van der Waals surface area contributed by atoms with Crippen molar-refractivity contribution in [1.29, 1.82) is 0 Å². The lowest BCUT2D eigenvalue weighted by Crippen LogP contribution is -2.22. The van der Waals surface area contributed by atoms with Gasteiger partial charge in [0.1, 0.15) is 12.1 Å². The molecule has 0 saturated carbocycles. The minimum absolute atomic E-state index is 0.489. The predicted molar refractivity (Wildman–Crippen MR) is 68.1 cm³/mol. The van der Waals surface area contributed by atoms with Gasteiger partial charge in [0, 0.05) is 30.7 Å². The fraction of sp³-hybridized carbons (Fsp3) is 0.385. The van der Waals surface area contributed by atoms with Crippen molar-refractivity contribution in [1.82, 2.24) is 19.9 Å². The molecule has 4 nitrogen and oxygen atoms in total. The van der Waals surface area contributed by atoms with Gasteiger partial charge in [0.25, 0.3) is 0 Å². The van der Waals surface area contributed by atoms with Crippen molar-refractivity contribution < 1.29 is 0 Å². The van der Waals surface area contributed by atoms with Gasteiger partial charge in [-0.2, -0.15) is 0 Å². The molecule has 4 heteroatoms. The average molecular weight is 230 g/mol. The number of aromatic nitrogens is 3. The topological polar surface area (TPSA) is 42.7 Å². The van der Waals surface area contributed by atoms with E-state index in [1.54, 1.807) is 12.5 Å². The summed E-state index contributed by atoms with van der Waals surface area (Å²) < 4.78 is 1.91. The summed E-state index contributed by atoms with van der Waals surface area (Å²) in [5.74, 6) is 0.910. The van der Waals surface area contributed by atoms with E-state index >= 15 is 0 Å². The van der Waals surface area contributed by atoms with E-state index in [9.17, 15) is 0 Å². The molecule has 0 aromatic carbocycles. The third-order valence-electron chi connectivity index (χ3n) is 2.65. The van der Waals surface area contributed by atoms with E-state index in [0.717, 1.165) is 18.1 Å². The van der Waals surface area contributed by atoms with Gasteiger partial charge < -0.3 is 5.32 Å². The van der Waals surface area contributed by atoms with Gasteiger partial charge in [-0.25, -0.2) is 9.97 Å². The summed E-state index contributed by atoms with van der Waals surface area (Å²) in [6.45, 7) is 7.18. The number of aryl methyl sites for hydroxylation is 1. The summed E-state index contributed by atoms with van der Waals surface area (Å²) in [5, 5.41) is 3.40. The minimum Gasteiger partial charge on any atom is -0.310 e. The molecular weight excluding hydrogens is 212 g/mol. The van der Waals surface area contributed by atoms with Crippen molar-refractivity contribution in [2.24, 2.45) is 0 Å². The Bertz CT molecular complexity index is 474. The van der Waals surface area contributed by atoms with Crippen molar-refractivity contribution in [2.45, 2.75) is 33.4 Å². The Morgan fingerprint density at radius 2 is 2.18 bits per heavy atom. The van der Waals surface area contributed by atoms with Crippen LogP contribution in [0.2, 0.25) is 0 Å². The molecule has 1 N–H and O–H groups in total. The van der Waals surface area contributed by atoms with Gasteiger partial charge in [-0.3, -0.25) is 4.57 Å². The maximum Gasteiger partial charge on any atom is 0.138 e. The SMILES string of the molecule is Cc1nc(-n2ccnc2)ccc1CNC(C)C. The van der Waals surface area contributed by atoms with Crippen LogP contribution in [0.15, 0.2) is 30.9 Å². The molecule has 2 rings (SSSR count). The molecule has 0 aliphatic carbocycles. The second-order valence-corrected chi connectivity index (χ2v) is 4.42. The van der Waals surface area contributed by atoms with Crippen LogP contribution >= 0.6 is 0 Å². The van der Waals surface area contributed by atoms with Crippen molar-refractivity contribution in [3.8, 4) is 5.82 Å². The number of rotatable bonds is 4. The first-order chi connectivity index (χ1) is 8.16. The van der Waals surface area contributed by atoms with E-state index in [4.69, 9.17) is 0 Å². The van der Waals surface area contributed by atoms with Gasteiger partial charge in [0.15, 0.2) is 0 Å². The van der Waals surface area contributed by atoms with E-state index in [1.807, 2.05) is 23.8 Å². The molecule has 0 amide bonds. The normalized spacial score (nSPS) is 11.1. The molecule has 0 aliphatic rings. The average Bonchev–Trinajstić information content (AvgIpc) is 2.80. The van der Waals surface area contributed by atoms with Crippen LogP contribution in [-0.4, -0.2) is 20.6 Å². The van der Waals surface area contributed by atoms with Gasteiger partial charge in [-0.1, -0.05) is 19.9 Å². The molecule has 2 heterocycles. The molecule has 17 heavy (non-hydrogen) atoms. The van der Waals surface area contributed by atoms with Crippen LogP contribution in [0.4, 0.5) is 0 Å². The van der Waals surface area contributed by atoms with Gasteiger partial charge in [0.05, 0.1) is 0 Å². The minimum atomic E-state index is 0.489. The van der Waals surface area contributed by atoms with E-state index in [2.05, 4.69) is 35.2 Å². The Morgan fingerprint density at radius 1 is 1.35 bits per heavy atom. The molecule has 0 bridgehead atoms. The van der Waals surface area contributed by atoms with Crippen LogP contribution in [-0.2, 0) is 6.54 Å². The lowest BCUT2D eigenvalue weighted by Gasteiger charge is -2.11. The summed E-state index contributed by atoms with van der Waals surface area (Å²) >= 11 is 0. The van der Waals surface area contributed by atoms with Crippen LogP contribution in [0.3, 0.4) is 0 Å². The third-order valence-corrected chi connectivity index (χ3v) is 2.65. The van der Waals surface area contributed by atoms with E-state index < -0.39 is 0 Å². The summed E-state index contributed by atoms with van der Waals surface area (Å²) in [7, 11) is 0. The van der Waals surface area contributed by atoms with Crippen LogP contribution < -0.4 is 5.32 Å². The second kappa shape index (κ2) is 5.10. The van der Waals surface area contributed by atoms with Crippen molar-refractivity contribution >= 4 is 0 Å². The number of hydrogen-bond acceptors (Lipinski definition) is 3. The summed E-state index contributed by atoms with van der Waals surface area (Å²) in [4.78, 5) is 8.60. The number of nitrogens with one attached hydrogen (secondary N) is 1. The first kappa shape index (κ1) is 11.8. The molecule has 0 fully saturated rings. The highest BCUT2D eigenvalue weighted by Gasteiger charge is 2.03. The third kappa shape index (κ3) is 2.91. The highest BCUT2D eigenvalue weighted by atomic mass is 15.1. The Morgan fingerprint density at radius 3 is 2.76 bits per heavy atom.